The number of allylic oxidation sites excluding steroid dienone is 3. The maximum Gasteiger partial charge on any atom is 0.240 e. The molecule has 10 aromatic carbocycles. The highest BCUT2D eigenvalue weighted by atomic mass is 32.2. The summed E-state index contributed by atoms with van der Waals surface area (Å²) in [6.07, 6.45) is 9.10. The van der Waals surface area contributed by atoms with Gasteiger partial charge in [-0.15, -0.1) is 34.4 Å². The summed E-state index contributed by atoms with van der Waals surface area (Å²) in [5, 5.41) is 12.8. The molecule has 6 nitrogen and oxygen atoms in total. The smallest absolute Gasteiger partial charge is 0.240 e. The van der Waals surface area contributed by atoms with E-state index in [4.69, 9.17) is 15.0 Å². The number of nitrogens with zero attached hydrogens (tertiary/aromatic N) is 6. The average molecular weight is 1090 g/mol. The number of thioether (sulfide) groups is 1. The quantitative estimate of drug-likeness (QED) is 0.176. The van der Waals surface area contributed by atoms with Crippen molar-refractivity contribution in [1.82, 2.24) is 28.7 Å². The number of fused-ring (bicyclic) bond motifs is 21. The number of hydrogen-bond acceptors (Lipinski definition) is 6. The Kier molecular flexibility index (Phi) is 8.85. The summed E-state index contributed by atoms with van der Waals surface area (Å²) in [5.41, 5.74) is 14.9. The molecule has 0 fully saturated rings. The highest BCUT2D eigenvalue weighted by molar-refractivity contribution is 8.00. The molecule has 0 N–H and O–H groups in total. The second-order valence-electron chi connectivity index (χ2n) is 22.6. The van der Waals surface area contributed by atoms with Gasteiger partial charge in [0.1, 0.15) is 0 Å². The maximum atomic E-state index is 5.65. The van der Waals surface area contributed by atoms with Gasteiger partial charge in [0.25, 0.3) is 0 Å². The number of thiophene rings is 2. The first-order chi connectivity index (χ1) is 39.9. The fourth-order valence-electron chi connectivity index (χ4n) is 14.3. The van der Waals surface area contributed by atoms with Crippen LogP contribution in [0.2, 0.25) is 0 Å². The molecule has 3 aliphatic rings. The van der Waals surface area contributed by atoms with Crippen LogP contribution in [0.25, 0.3) is 146 Å². The Morgan fingerprint density at radius 1 is 0.395 bits per heavy atom. The fourth-order valence-corrected chi connectivity index (χ4v) is 17.9. The molecular weight excluding hydrogens is 1050 g/mol. The van der Waals surface area contributed by atoms with E-state index in [0.717, 1.165) is 38.7 Å². The predicted octanol–water partition coefficient (Wildman–Crippen LogP) is 19.6. The van der Waals surface area contributed by atoms with Crippen LogP contribution in [-0.2, 0) is 5.41 Å². The third-order valence-corrected chi connectivity index (χ3v) is 21.6. The van der Waals surface area contributed by atoms with E-state index in [2.05, 4.69) is 246 Å². The SMILES string of the molecule is CC1(C)c2cc(-c3nc(-n4c5ccccc5c5cc6c(cc54)SC4C=CC=CC64)nc(-n4c5ccccc5c5cc6c(cc54)sc4ccccc46)n3)ccc2-c2ccc(-n3c4ccccc4c4cc5c(cc43)sc3ccccc35)cc21. The maximum absolute atomic E-state index is 5.65. The van der Waals surface area contributed by atoms with Crippen LogP contribution in [0.15, 0.2) is 223 Å². The lowest BCUT2D eigenvalue weighted by atomic mass is 9.82. The summed E-state index contributed by atoms with van der Waals surface area (Å²) < 4.78 is 12.2. The van der Waals surface area contributed by atoms with Gasteiger partial charge in [0.15, 0.2) is 5.82 Å². The minimum absolute atomic E-state index is 0.342. The van der Waals surface area contributed by atoms with Crippen LogP contribution in [0.1, 0.15) is 36.5 Å². The van der Waals surface area contributed by atoms with Crippen LogP contribution >= 0.6 is 34.4 Å². The van der Waals surface area contributed by atoms with Crippen LogP contribution in [0.5, 0.6) is 0 Å². The Balaban J connectivity index is 0.817. The summed E-state index contributed by atoms with van der Waals surface area (Å²) in [4.78, 5) is 18.2. The zero-order valence-corrected chi connectivity index (χ0v) is 46.3. The first kappa shape index (κ1) is 44.7. The molecule has 81 heavy (non-hydrogen) atoms. The lowest BCUT2D eigenvalue weighted by molar-refractivity contribution is 0.660. The van der Waals surface area contributed by atoms with Gasteiger partial charge in [0, 0.05) is 105 Å². The van der Waals surface area contributed by atoms with Crippen molar-refractivity contribution in [3.63, 3.8) is 0 Å². The summed E-state index contributed by atoms with van der Waals surface area (Å²) >= 11 is 5.67. The summed E-state index contributed by atoms with van der Waals surface area (Å²) in [6.45, 7) is 4.76. The molecule has 1 aliphatic heterocycles. The highest BCUT2D eigenvalue weighted by Crippen LogP contribution is 2.53. The van der Waals surface area contributed by atoms with Crippen LogP contribution < -0.4 is 0 Å². The van der Waals surface area contributed by atoms with Gasteiger partial charge in [-0.1, -0.05) is 147 Å². The lowest BCUT2D eigenvalue weighted by Gasteiger charge is -2.23. The minimum atomic E-state index is -0.345. The third-order valence-electron chi connectivity index (χ3n) is 18.0. The van der Waals surface area contributed by atoms with Gasteiger partial charge >= 0.3 is 0 Å². The van der Waals surface area contributed by atoms with Crippen molar-refractivity contribution in [3.05, 3.63) is 235 Å². The summed E-state index contributed by atoms with van der Waals surface area (Å²) in [5.74, 6) is 2.13. The van der Waals surface area contributed by atoms with E-state index in [0.29, 0.717) is 28.9 Å². The Labute approximate surface area is 476 Å². The van der Waals surface area contributed by atoms with Crippen LogP contribution in [0, 0.1) is 0 Å². The van der Waals surface area contributed by atoms with Crippen molar-refractivity contribution >= 4 is 140 Å². The molecule has 0 bridgehead atoms. The van der Waals surface area contributed by atoms with Crippen molar-refractivity contribution in [2.24, 2.45) is 0 Å². The first-order valence-electron chi connectivity index (χ1n) is 27.7. The monoisotopic (exact) mass is 1090 g/mol. The number of hydrogen-bond donors (Lipinski definition) is 0. The van der Waals surface area contributed by atoms with Gasteiger partial charge in [0.2, 0.25) is 11.9 Å². The Bertz CT molecular complexity index is 5580. The third kappa shape index (κ3) is 6.10. The normalized spacial score (nSPS) is 16.2. The van der Waals surface area contributed by atoms with Gasteiger partial charge in [-0.25, -0.2) is 0 Å². The second kappa shape index (κ2) is 16.0. The topological polar surface area (TPSA) is 53.5 Å². The van der Waals surface area contributed by atoms with Crippen LogP contribution in [0.4, 0.5) is 0 Å². The molecule has 380 valence electrons. The lowest BCUT2D eigenvalue weighted by Crippen LogP contribution is -2.16. The molecule has 16 aromatic rings. The molecule has 0 saturated heterocycles. The van der Waals surface area contributed by atoms with Crippen molar-refractivity contribution < 1.29 is 0 Å². The minimum Gasteiger partial charge on any atom is -0.309 e. The first-order valence-corrected chi connectivity index (χ1v) is 30.2. The standard InChI is InChI=1S/C72H44N6S3/c1-72(2)55-31-39(27-29-41(55)42-30-28-40(32-56(42)72)76-57-21-9-3-15-43(57)49-33-52-46-18-6-12-24-63(46)79-66(52)36-60(49)76)69-73-70(77-58-22-10-4-16-44(58)50-34-53-47-19-7-13-25-64(47)80-67(53)37-61(50)77)75-71(74-69)78-59-23-11-5-17-45(59)51-35-54-48-20-8-14-26-65(48)81-68(54)38-62(51)78/h3-38,47,64H,1-2H3. The van der Waals surface area contributed by atoms with E-state index in [-0.39, 0.29) is 5.41 Å². The van der Waals surface area contributed by atoms with Crippen molar-refractivity contribution in [1.29, 1.82) is 0 Å². The van der Waals surface area contributed by atoms with Gasteiger partial charge in [-0.05, 0) is 113 Å². The van der Waals surface area contributed by atoms with E-state index < -0.39 is 0 Å². The number of para-hydroxylation sites is 3. The molecule has 7 heterocycles. The highest BCUT2D eigenvalue weighted by Gasteiger charge is 2.37. The predicted molar refractivity (Wildman–Crippen MR) is 342 cm³/mol. The molecule has 0 saturated carbocycles. The molecular formula is C72H44N6S3. The molecule has 2 atom stereocenters. The van der Waals surface area contributed by atoms with Crippen molar-refractivity contribution in [2.45, 2.75) is 35.3 Å². The molecule has 9 heteroatoms. The molecule has 19 rings (SSSR count). The van der Waals surface area contributed by atoms with Crippen LogP contribution in [-0.4, -0.2) is 33.9 Å². The van der Waals surface area contributed by atoms with E-state index in [9.17, 15) is 0 Å². The Hall–Kier alpha value is -9.12. The average Bonchev–Trinajstić information content (AvgIpc) is 4.45. The van der Waals surface area contributed by atoms with Gasteiger partial charge in [-0.2, -0.15) is 15.0 Å². The van der Waals surface area contributed by atoms with Gasteiger partial charge in [0.05, 0.1) is 33.1 Å². The van der Waals surface area contributed by atoms with E-state index >= 15 is 0 Å². The number of benzene rings is 10. The molecule has 0 radical (unpaired) electrons. The second-order valence-corrected chi connectivity index (χ2v) is 26.0. The van der Waals surface area contributed by atoms with Crippen LogP contribution in [0.3, 0.4) is 0 Å². The molecule has 2 unspecified atom stereocenters. The number of aromatic nitrogens is 6. The fraction of sp³-hybridized carbons (Fsp3) is 0.0694. The Morgan fingerprint density at radius 3 is 1.53 bits per heavy atom. The molecule has 2 aliphatic carbocycles. The summed E-state index contributed by atoms with van der Waals surface area (Å²) in [6, 6.07) is 72.3. The molecule has 6 aromatic heterocycles. The Morgan fingerprint density at radius 2 is 0.901 bits per heavy atom. The van der Waals surface area contributed by atoms with Crippen molar-refractivity contribution in [2.75, 3.05) is 0 Å². The molecule has 0 spiro atoms. The summed E-state index contributed by atoms with van der Waals surface area (Å²) in [7, 11) is 0. The zero-order chi connectivity index (χ0) is 53.0. The van der Waals surface area contributed by atoms with E-state index in [1.54, 1.807) is 0 Å². The van der Waals surface area contributed by atoms with Gasteiger partial charge in [-0.3, -0.25) is 9.13 Å². The molecule has 0 amide bonds. The van der Waals surface area contributed by atoms with Crippen molar-refractivity contribution in [3.8, 4) is 40.1 Å². The van der Waals surface area contributed by atoms with E-state index in [1.165, 1.54) is 111 Å². The largest absolute Gasteiger partial charge is 0.309 e. The number of rotatable bonds is 4. The van der Waals surface area contributed by atoms with E-state index in [1.807, 2.05) is 34.4 Å². The van der Waals surface area contributed by atoms with Gasteiger partial charge < -0.3 is 4.57 Å². The zero-order valence-electron chi connectivity index (χ0n) is 43.8.